The van der Waals surface area contributed by atoms with Crippen molar-refractivity contribution in [2.45, 2.75) is 20.3 Å². The van der Waals surface area contributed by atoms with Gasteiger partial charge in [0.25, 0.3) is 5.91 Å². The molecule has 0 saturated carbocycles. The molecule has 0 bridgehead atoms. The first-order chi connectivity index (χ1) is 9.93. The summed E-state index contributed by atoms with van der Waals surface area (Å²) in [4.78, 5) is 33.8. The van der Waals surface area contributed by atoms with Gasteiger partial charge in [-0.3, -0.25) is 10.1 Å². The number of carbonyl (C=O) groups excluding carboxylic acids is 2. The fraction of sp³-hybridized carbons (Fsp3) is 0.357. The van der Waals surface area contributed by atoms with Crippen molar-refractivity contribution < 1.29 is 24.2 Å². The number of aromatic carboxylic acids is 1. The van der Waals surface area contributed by atoms with Crippen LogP contribution in [0.3, 0.4) is 0 Å². The first-order valence-corrected chi connectivity index (χ1v) is 6.48. The Morgan fingerprint density at radius 2 is 2.00 bits per heavy atom. The lowest BCUT2D eigenvalue weighted by Gasteiger charge is -2.10. The molecule has 0 unspecified atom stereocenters. The van der Waals surface area contributed by atoms with Crippen LogP contribution in [-0.4, -0.2) is 36.2 Å². The summed E-state index contributed by atoms with van der Waals surface area (Å²) < 4.78 is 5.17. The van der Waals surface area contributed by atoms with Gasteiger partial charge in [0.1, 0.15) is 11.3 Å². The van der Waals surface area contributed by atoms with Crippen molar-refractivity contribution in [3.8, 4) is 5.75 Å². The summed E-state index contributed by atoms with van der Waals surface area (Å²) in [7, 11) is 0. The van der Waals surface area contributed by atoms with Crippen molar-refractivity contribution in [1.82, 2.24) is 10.6 Å². The van der Waals surface area contributed by atoms with E-state index in [1.807, 2.05) is 6.92 Å². The third kappa shape index (κ3) is 5.52. The van der Waals surface area contributed by atoms with Crippen molar-refractivity contribution in [1.29, 1.82) is 0 Å². The van der Waals surface area contributed by atoms with Crippen LogP contribution in [0, 0.1) is 6.92 Å². The molecule has 7 heteroatoms. The van der Waals surface area contributed by atoms with Crippen molar-refractivity contribution >= 4 is 17.9 Å². The minimum Gasteiger partial charge on any atom is -0.483 e. The van der Waals surface area contributed by atoms with Gasteiger partial charge in [0.15, 0.2) is 6.61 Å². The highest BCUT2D eigenvalue weighted by molar-refractivity contribution is 5.95. The number of rotatable bonds is 6. The number of benzene rings is 1. The summed E-state index contributed by atoms with van der Waals surface area (Å²) in [5.41, 5.74) is 0.764. The molecule has 3 amide bonds. The Hall–Kier alpha value is -2.57. The monoisotopic (exact) mass is 294 g/mol. The molecule has 114 valence electrons. The van der Waals surface area contributed by atoms with Crippen LogP contribution in [0.1, 0.15) is 29.3 Å². The highest BCUT2D eigenvalue weighted by Gasteiger charge is 2.13. The van der Waals surface area contributed by atoms with E-state index >= 15 is 0 Å². The van der Waals surface area contributed by atoms with E-state index in [1.165, 1.54) is 12.1 Å². The molecule has 0 radical (unpaired) electrons. The van der Waals surface area contributed by atoms with Gasteiger partial charge in [-0.25, -0.2) is 9.59 Å². The highest BCUT2D eigenvalue weighted by Crippen LogP contribution is 2.20. The fourth-order valence-corrected chi connectivity index (χ4v) is 1.51. The zero-order valence-corrected chi connectivity index (χ0v) is 11.9. The predicted molar refractivity (Wildman–Crippen MR) is 75.5 cm³/mol. The number of hydrogen-bond acceptors (Lipinski definition) is 4. The first-order valence-electron chi connectivity index (χ1n) is 6.48. The topological polar surface area (TPSA) is 105 Å². The van der Waals surface area contributed by atoms with E-state index in [-0.39, 0.29) is 11.3 Å². The maximum absolute atomic E-state index is 11.5. The number of carboxylic acids is 1. The number of imide groups is 1. The average Bonchev–Trinajstić information content (AvgIpc) is 2.42. The molecule has 0 atom stereocenters. The van der Waals surface area contributed by atoms with E-state index in [1.54, 1.807) is 13.0 Å². The maximum Gasteiger partial charge on any atom is 0.339 e. The van der Waals surface area contributed by atoms with E-state index in [0.29, 0.717) is 6.54 Å². The molecule has 0 aliphatic carbocycles. The van der Waals surface area contributed by atoms with E-state index < -0.39 is 24.5 Å². The first kappa shape index (κ1) is 16.5. The SMILES string of the molecule is CCCNC(=O)NC(=O)COc1cc(C)ccc1C(=O)O. The maximum atomic E-state index is 11.5. The molecule has 7 nitrogen and oxygen atoms in total. The standard InChI is InChI=1S/C14H18N2O5/c1-3-6-15-14(20)16-12(17)8-21-11-7-9(2)4-5-10(11)13(18)19/h4-5,7H,3,6,8H2,1-2H3,(H,18,19)(H2,15,16,17,20). The Kier molecular flexibility index (Phi) is 6.19. The lowest BCUT2D eigenvalue weighted by Crippen LogP contribution is -2.41. The quantitative estimate of drug-likeness (QED) is 0.733. The van der Waals surface area contributed by atoms with Crippen LogP contribution >= 0.6 is 0 Å². The van der Waals surface area contributed by atoms with E-state index in [2.05, 4.69) is 10.6 Å². The van der Waals surface area contributed by atoms with Gasteiger partial charge in [0, 0.05) is 6.54 Å². The van der Waals surface area contributed by atoms with Crippen LogP contribution in [0.15, 0.2) is 18.2 Å². The van der Waals surface area contributed by atoms with Crippen LogP contribution in [0.2, 0.25) is 0 Å². The zero-order chi connectivity index (χ0) is 15.8. The summed E-state index contributed by atoms with van der Waals surface area (Å²) in [6, 6.07) is 3.95. The van der Waals surface area contributed by atoms with Crippen molar-refractivity contribution in [3.05, 3.63) is 29.3 Å². The molecular weight excluding hydrogens is 276 g/mol. The largest absolute Gasteiger partial charge is 0.483 e. The van der Waals surface area contributed by atoms with Crippen molar-refractivity contribution in [2.24, 2.45) is 0 Å². The molecule has 0 heterocycles. The second kappa shape index (κ2) is 7.88. The number of nitrogens with one attached hydrogen (secondary N) is 2. The summed E-state index contributed by atoms with van der Waals surface area (Å²) in [5.74, 6) is -1.71. The van der Waals surface area contributed by atoms with Gasteiger partial charge in [-0.05, 0) is 31.0 Å². The van der Waals surface area contributed by atoms with E-state index in [9.17, 15) is 14.4 Å². The molecule has 1 aromatic carbocycles. The average molecular weight is 294 g/mol. The number of carboxylic acid groups (broad SMARTS) is 1. The van der Waals surface area contributed by atoms with E-state index in [4.69, 9.17) is 9.84 Å². The molecule has 0 saturated heterocycles. The van der Waals surface area contributed by atoms with Gasteiger partial charge in [-0.15, -0.1) is 0 Å². The Morgan fingerprint density at radius 1 is 1.29 bits per heavy atom. The normalized spacial score (nSPS) is 9.81. The Bertz CT molecular complexity index is 542. The van der Waals surface area contributed by atoms with Gasteiger partial charge in [0.05, 0.1) is 0 Å². The summed E-state index contributed by atoms with van der Waals surface area (Å²) in [6.45, 7) is 3.68. The van der Waals surface area contributed by atoms with Gasteiger partial charge >= 0.3 is 12.0 Å². The van der Waals surface area contributed by atoms with Crippen LogP contribution in [-0.2, 0) is 4.79 Å². The van der Waals surface area contributed by atoms with Gasteiger partial charge in [-0.2, -0.15) is 0 Å². The number of aryl methyl sites for hydroxylation is 1. The summed E-state index contributed by atoms with van der Waals surface area (Å²) in [6.07, 6.45) is 0.753. The minimum atomic E-state index is -1.15. The van der Waals surface area contributed by atoms with Crippen molar-refractivity contribution in [3.63, 3.8) is 0 Å². The number of hydrogen-bond donors (Lipinski definition) is 3. The van der Waals surface area contributed by atoms with Crippen molar-refractivity contribution in [2.75, 3.05) is 13.2 Å². The van der Waals surface area contributed by atoms with Gasteiger partial charge in [-0.1, -0.05) is 13.0 Å². The summed E-state index contributed by atoms with van der Waals surface area (Å²) >= 11 is 0. The molecule has 1 rings (SSSR count). The molecule has 0 aliphatic rings. The molecule has 0 spiro atoms. The van der Waals surface area contributed by atoms with Crippen LogP contribution in [0.5, 0.6) is 5.75 Å². The van der Waals surface area contributed by atoms with Crippen LogP contribution in [0.25, 0.3) is 0 Å². The minimum absolute atomic E-state index is 0.0381. The lowest BCUT2D eigenvalue weighted by atomic mass is 10.1. The lowest BCUT2D eigenvalue weighted by molar-refractivity contribution is -0.122. The third-order valence-corrected chi connectivity index (χ3v) is 2.51. The zero-order valence-electron chi connectivity index (χ0n) is 11.9. The van der Waals surface area contributed by atoms with Gasteiger partial charge in [0.2, 0.25) is 0 Å². The Morgan fingerprint density at radius 3 is 2.62 bits per heavy atom. The second-order valence-corrected chi connectivity index (χ2v) is 4.40. The molecule has 3 N–H and O–H groups in total. The molecule has 0 aliphatic heterocycles. The van der Waals surface area contributed by atoms with Crippen LogP contribution < -0.4 is 15.4 Å². The number of ether oxygens (including phenoxy) is 1. The Labute approximate surface area is 122 Å². The van der Waals surface area contributed by atoms with Gasteiger partial charge < -0.3 is 15.2 Å². The molecular formula is C14H18N2O5. The van der Waals surface area contributed by atoms with E-state index in [0.717, 1.165) is 12.0 Å². The smallest absolute Gasteiger partial charge is 0.339 e. The number of carbonyl (C=O) groups is 3. The Balaban J connectivity index is 2.59. The fourth-order valence-electron chi connectivity index (χ4n) is 1.51. The number of urea groups is 1. The number of amides is 3. The van der Waals surface area contributed by atoms with Crippen LogP contribution in [0.4, 0.5) is 4.79 Å². The molecule has 0 aromatic heterocycles. The second-order valence-electron chi connectivity index (χ2n) is 4.40. The molecule has 0 fully saturated rings. The molecule has 1 aromatic rings. The molecule has 21 heavy (non-hydrogen) atoms. The predicted octanol–water partition coefficient (Wildman–Crippen LogP) is 1.31. The highest BCUT2D eigenvalue weighted by atomic mass is 16.5. The third-order valence-electron chi connectivity index (χ3n) is 2.51. The summed E-state index contributed by atoms with van der Waals surface area (Å²) in [5, 5.41) is 13.6.